The highest BCUT2D eigenvalue weighted by atomic mass is 79.9. The summed E-state index contributed by atoms with van der Waals surface area (Å²) in [5.74, 6) is -0.140. The van der Waals surface area contributed by atoms with Gasteiger partial charge in [0.1, 0.15) is 5.69 Å². The van der Waals surface area contributed by atoms with Crippen molar-refractivity contribution in [3.8, 4) is 0 Å². The number of aromatic nitrogens is 1. The van der Waals surface area contributed by atoms with E-state index in [0.29, 0.717) is 18.8 Å². The van der Waals surface area contributed by atoms with E-state index in [1.807, 2.05) is 0 Å². The van der Waals surface area contributed by atoms with Crippen LogP contribution in [0.15, 0.2) is 12.3 Å². The van der Waals surface area contributed by atoms with Gasteiger partial charge in [0.2, 0.25) is 0 Å². The van der Waals surface area contributed by atoms with Crippen LogP contribution in [-0.4, -0.2) is 63.3 Å². The monoisotopic (exact) mass is 344 g/mol. The fourth-order valence-corrected chi connectivity index (χ4v) is 2.82. The zero-order valence-corrected chi connectivity index (χ0v) is 12.9. The van der Waals surface area contributed by atoms with Gasteiger partial charge in [0.05, 0.1) is 11.1 Å². The number of halogens is 1. The highest BCUT2D eigenvalue weighted by Gasteiger charge is 2.25. The summed E-state index contributed by atoms with van der Waals surface area (Å²) in [6, 6.07) is 1.34. The number of nitro groups is 1. The number of carbonyl (C=O) groups excluding carboxylic acids is 1. The molecule has 20 heavy (non-hydrogen) atoms. The first-order valence-corrected chi connectivity index (χ1v) is 7.53. The van der Waals surface area contributed by atoms with Gasteiger partial charge in [-0.2, -0.15) is 0 Å². The second-order valence-corrected chi connectivity index (χ2v) is 5.57. The fraction of sp³-hybridized carbons (Fsp3) is 0.583. The summed E-state index contributed by atoms with van der Waals surface area (Å²) in [7, 11) is 1.65. The van der Waals surface area contributed by atoms with E-state index in [0.717, 1.165) is 25.0 Å². The molecule has 0 aromatic carbocycles. The zero-order valence-electron chi connectivity index (χ0n) is 11.3. The van der Waals surface area contributed by atoms with Gasteiger partial charge in [0.25, 0.3) is 11.6 Å². The quantitative estimate of drug-likeness (QED) is 0.465. The first-order valence-electron chi connectivity index (χ1n) is 6.41. The number of amides is 1. The van der Waals surface area contributed by atoms with Gasteiger partial charge in [-0.3, -0.25) is 19.8 Å². The predicted octanol–water partition coefficient (Wildman–Crippen LogP) is 1.09. The lowest BCUT2D eigenvalue weighted by molar-refractivity contribution is -0.384. The van der Waals surface area contributed by atoms with E-state index >= 15 is 0 Å². The van der Waals surface area contributed by atoms with Crippen LogP contribution in [0.1, 0.15) is 10.5 Å². The highest BCUT2D eigenvalue weighted by Crippen LogP contribution is 2.17. The van der Waals surface area contributed by atoms with Crippen LogP contribution < -0.4 is 0 Å². The lowest BCUT2D eigenvalue weighted by Gasteiger charge is -2.34. The van der Waals surface area contributed by atoms with E-state index in [4.69, 9.17) is 0 Å². The Labute approximate surface area is 125 Å². The number of hydrogen-bond donors (Lipinski definition) is 0. The molecular formula is C12H17BrN4O3. The number of alkyl halides is 1. The second kappa shape index (κ2) is 6.36. The van der Waals surface area contributed by atoms with Crippen LogP contribution in [0.3, 0.4) is 0 Å². The molecule has 0 atom stereocenters. The SMILES string of the molecule is Cn1cc([N+](=O)[O-])cc1C(=O)N1CCN(CCBr)CC1. The van der Waals surface area contributed by atoms with E-state index < -0.39 is 4.92 Å². The average molecular weight is 345 g/mol. The van der Waals surface area contributed by atoms with Crippen LogP contribution in [0, 0.1) is 10.1 Å². The maximum atomic E-state index is 12.4. The van der Waals surface area contributed by atoms with Gasteiger partial charge < -0.3 is 9.47 Å². The molecule has 1 saturated heterocycles. The lowest BCUT2D eigenvalue weighted by atomic mass is 10.2. The third-order valence-corrected chi connectivity index (χ3v) is 3.84. The van der Waals surface area contributed by atoms with Crippen molar-refractivity contribution in [2.45, 2.75) is 0 Å². The topological polar surface area (TPSA) is 71.6 Å². The number of hydrogen-bond acceptors (Lipinski definition) is 4. The summed E-state index contributed by atoms with van der Waals surface area (Å²) < 4.78 is 1.52. The van der Waals surface area contributed by atoms with Crippen molar-refractivity contribution in [3.05, 3.63) is 28.1 Å². The molecule has 0 radical (unpaired) electrons. The predicted molar refractivity (Wildman–Crippen MR) is 78.2 cm³/mol. The molecule has 0 saturated carbocycles. The van der Waals surface area contributed by atoms with Gasteiger partial charge in [0.15, 0.2) is 0 Å². The van der Waals surface area contributed by atoms with Crippen LogP contribution in [0.2, 0.25) is 0 Å². The Morgan fingerprint density at radius 3 is 2.55 bits per heavy atom. The Morgan fingerprint density at radius 2 is 2.05 bits per heavy atom. The fourth-order valence-electron chi connectivity index (χ4n) is 2.32. The number of rotatable bonds is 4. The van der Waals surface area contributed by atoms with Crippen molar-refractivity contribution in [2.75, 3.05) is 38.1 Å². The summed E-state index contributed by atoms with van der Waals surface area (Å²) >= 11 is 3.40. The molecule has 1 fully saturated rings. The summed E-state index contributed by atoms with van der Waals surface area (Å²) in [5, 5.41) is 11.7. The number of nitrogens with zero attached hydrogens (tertiary/aromatic N) is 4. The Kier molecular flexibility index (Phi) is 4.77. The van der Waals surface area contributed by atoms with Crippen molar-refractivity contribution in [1.29, 1.82) is 0 Å². The Bertz CT molecular complexity index is 509. The first-order chi connectivity index (χ1) is 9.52. The molecule has 2 rings (SSSR count). The molecule has 0 bridgehead atoms. The van der Waals surface area contributed by atoms with Crippen molar-refractivity contribution >= 4 is 27.5 Å². The average Bonchev–Trinajstić information content (AvgIpc) is 2.81. The molecule has 2 heterocycles. The minimum absolute atomic E-state index is 0.0474. The molecule has 0 N–H and O–H groups in total. The molecule has 0 spiro atoms. The Balaban J connectivity index is 2.03. The molecule has 0 aliphatic carbocycles. The lowest BCUT2D eigenvalue weighted by Crippen LogP contribution is -2.49. The van der Waals surface area contributed by atoms with Crippen molar-refractivity contribution in [2.24, 2.45) is 7.05 Å². The standard InChI is InChI=1S/C12H17BrN4O3/c1-14-9-10(17(19)20)8-11(14)12(18)16-6-4-15(3-2-13)5-7-16/h8-9H,2-7H2,1H3. The molecule has 1 aromatic heterocycles. The third-order valence-electron chi connectivity index (χ3n) is 3.48. The van der Waals surface area contributed by atoms with Crippen LogP contribution >= 0.6 is 15.9 Å². The van der Waals surface area contributed by atoms with Crippen molar-refractivity contribution in [1.82, 2.24) is 14.4 Å². The minimum Gasteiger partial charge on any atom is -0.340 e. The normalized spacial score (nSPS) is 16.4. The van der Waals surface area contributed by atoms with Crippen LogP contribution in [0.4, 0.5) is 5.69 Å². The second-order valence-electron chi connectivity index (χ2n) is 4.77. The van der Waals surface area contributed by atoms with E-state index in [9.17, 15) is 14.9 Å². The molecule has 7 nitrogen and oxygen atoms in total. The molecule has 0 unspecified atom stereocenters. The minimum atomic E-state index is -0.481. The molecule has 1 amide bonds. The van der Waals surface area contributed by atoms with Crippen molar-refractivity contribution in [3.63, 3.8) is 0 Å². The van der Waals surface area contributed by atoms with Gasteiger partial charge >= 0.3 is 0 Å². The largest absolute Gasteiger partial charge is 0.340 e. The smallest absolute Gasteiger partial charge is 0.287 e. The van der Waals surface area contributed by atoms with E-state index in [-0.39, 0.29) is 11.6 Å². The van der Waals surface area contributed by atoms with Crippen molar-refractivity contribution < 1.29 is 9.72 Å². The van der Waals surface area contributed by atoms with Crippen LogP contribution in [0.25, 0.3) is 0 Å². The first kappa shape index (κ1) is 15.0. The molecule has 110 valence electrons. The van der Waals surface area contributed by atoms with E-state index in [2.05, 4.69) is 20.8 Å². The maximum absolute atomic E-state index is 12.4. The van der Waals surface area contributed by atoms with Gasteiger partial charge in [-0.05, 0) is 0 Å². The molecule has 1 aliphatic rings. The highest BCUT2D eigenvalue weighted by molar-refractivity contribution is 9.09. The summed E-state index contributed by atoms with van der Waals surface area (Å²) in [6.45, 7) is 3.96. The van der Waals surface area contributed by atoms with E-state index in [1.165, 1.54) is 16.8 Å². The van der Waals surface area contributed by atoms with Gasteiger partial charge in [-0.1, -0.05) is 15.9 Å². The Hall–Kier alpha value is -1.41. The third kappa shape index (κ3) is 3.18. The summed E-state index contributed by atoms with van der Waals surface area (Å²) in [6.07, 6.45) is 1.37. The number of aryl methyl sites for hydroxylation is 1. The number of piperazine rings is 1. The van der Waals surface area contributed by atoms with E-state index in [1.54, 1.807) is 11.9 Å². The summed E-state index contributed by atoms with van der Waals surface area (Å²) in [4.78, 5) is 26.7. The molecule has 1 aromatic rings. The summed E-state index contributed by atoms with van der Waals surface area (Å²) in [5.41, 5.74) is 0.319. The Morgan fingerprint density at radius 1 is 1.40 bits per heavy atom. The zero-order chi connectivity index (χ0) is 14.7. The molecule has 1 aliphatic heterocycles. The van der Waals surface area contributed by atoms with Crippen LogP contribution in [-0.2, 0) is 7.05 Å². The van der Waals surface area contributed by atoms with Gasteiger partial charge in [0, 0.05) is 51.2 Å². The van der Waals surface area contributed by atoms with Gasteiger partial charge in [-0.25, -0.2) is 0 Å². The molecular weight excluding hydrogens is 328 g/mol. The maximum Gasteiger partial charge on any atom is 0.287 e. The molecule has 8 heteroatoms. The number of carbonyl (C=O) groups is 1. The van der Waals surface area contributed by atoms with Crippen LogP contribution in [0.5, 0.6) is 0 Å². The van der Waals surface area contributed by atoms with Gasteiger partial charge in [-0.15, -0.1) is 0 Å².